The number of rotatable bonds is 9. The summed E-state index contributed by atoms with van der Waals surface area (Å²) in [6.07, 6.45) is 5.95. The predicted molar refractivity (Wildman–Crippen MR) is 116 cm³/mol. The summed E-state index contributed by atoms with van der Waals surface area (Å²) in [6, 6.07) is 11.0. The Morgan fingerprint density at radius 1 is 1.27 bits per heavy atom. The fourth-order valence-electron chi connectivity index (χ4n) is 3.00. The number of aromatic nitrogens is 2. The molecule has 0 saturated carbocycles. The summed E-state index contributed by atoms with van der Waals surface area (Å²) in [7, 11) is 0. The van der Waals surface area contributed by atoms with Gasteiger partial charge in [-0.15, -0.1) is 0 Å². The Morgan fingerprint density at radius 3 is 2.73 bits per heavy atom. The molecule has 4 N–H and O–H groups in total. The summed E-state index contributed by atoms with van der Waals surface area (Å²) in [5.41, 5.74) is 4.33. The van der Waals surface area contributed by atoms with Crippen molar-refractivity contribution in [2.45, 2.75) is 32.0 Å². The molecule has 2 heterocycles. The second kappa shape index (κ2) is 9.62. The molecule has 0 fully saturated rings. The molecule has 2 aromatic heterocycles. The average Bonchev–Trinajstić information content (AvgIpc) is 3.10. The summed E-state index contributed by atoms with van der Waals surface area (Å²) in [6.45, 7) is 4.47. The van der Waals surface area contributed by atoms with Crippen molar-refractivity contribution in [3.63, 3.8) is 0 Å². The number of hydrazone groups is 1. The lowest BCUT2D eigenvalue weighted by Gasteiger charge is -2.25. The van der Waals surface area contributed by atoms with E-state index in [1.165, 1.54) is 0 Å². The number of aliphatic hydroxyl groups excluding tert-OH is 2. The third-order valence-corrected chi connectivity index (χ3v) is 4.75. The largest absolute Gasteiger partial charge is 0.394 e. The zero-order valence-electron chi connectivity index (χ0n) is 17.1. The first-order valence-electron chi connectivity index (χ1n) is 9.75. The monoisotopic (exact) mass is 409 g/mol. The lowest BCUT2D eigenvalue weighted by molar-refractivity contribution is 0.0955. The third kappa shape index (κ3) is 5.50. The van der Waals surface area contributed by atoms with Crippen LogP contribution in [0.25, 0.3) is 10.9 Å². The normalized spacial score (nSPS) is 13.1. The molecule has 0 radical (unpaired) electrons. The maximum atomic E-state index is 12.1. The van der Waals surface area contributed by atoms with E-state index in [1.807, 2.05) is 48.9 Å². The van der Waals surface area contributed by atoms with E-state index in [-0.39, 0.29) is 12.5 Å². The van der Waals surface area contributed by atoms with Gasteiger partial charge in [-0.2, -0.15) is 5.10 Å². The van der Waals surface area contributed by atoms with Crippen molar-refractivity contribution in [2.24, 2.45) is 5.10 Å². The van der Waals surface area contributed by atoms with Crippen LogP contribution in [0.15, 0.2) is 60.1 Å². The van der Waals surface area contributed by atoms with Crippen molar-refractivity contribution in [1.29, 1.82) is 0 Å². The van der Waals surface area contributed by atoms with Crippen molar-refractivity contribution >= 4 is 23.0 Å². The molecule has 0 aliphatic heterocycles. The Labute approximate surface area is 175 Å². The number of nitrogens with one attached hydrogen (secondary N) is 2. The number of para-hydroxylation sites is 1. The van der Waals surface area contributed by atoms with Crippen LogP contribution in [-0.4, -0.2) is 56.7 Å². The zero-order chi connectivity index (χ0) is 21.6. The summed E-state index contributed by atoms with van der Waals surface area (Å²) >= 11 is 0. The van der Waals surface area contributed by atoms with Gasteiger partial charge in [0.25, 0.3) is 5.91 Å². The molecule has 8 heteroatoms. The Morgan fingerprint density at radius 2 is 2.00 bits per heavy atom. The maximum absolute atomic E-state index is 12.1. The molecule has 3 aromatic rings. The van der Waals surface area contributed by atoms with E-state index in [4.69, 9.17) is 0 Å². The number of hydrogen-bond acceptors (Lipinski definition) is 6. The molecule has 1 aromatic carbocycles. The molecule has 30 heavy (non-hydrogen) atoms. The number of aliphatic hydroxyl groups is 2. The van der Waals surface area contributed by atoms with Crippen LogP contribution in [0.1, 0.15) is 29.8 Å². The van der Waals surface area contributed by atoms with Crippen molar-refractivity contribution in [3.8, 4) is 0 Å². The highest BCUT2D eigenvalue weighted by Gasteiger charge is 2.18. The van der Waals surface area contributed by atoms with E-state index in [9.17, 15) is 15.0 Å². The molecule has 1 atom stereocenters. The highest BCUT2D eigenvalue weighted by atomic mass is 16.3. The molecule has 0 saturated heterocycles. The minimum Gasteiger partial charge on any atom is -0.394 e. The predicted octanol–water partition coefficient (Wildman–Crippen LogP) is 1.52. The molecule has 0 aliphatic rings. The molecule has 0 spiro atoms. The van der Waals surface area contributed by atoms with E-state index >= 15 is 0 Å². The van der Waals surface area contributed by atoms with Gasteiger partial charge in [0.05, 0.1) is 18.9 Å². The van der Waals surface area contributed by atoms with Gasteiger partial charge in [0, 0.05) is 59.2 Å². The van der Waals surface area contributed by atoms with Gasteiger partial charge in [-0.05, 0) is 32.0 Å². The second-order valence-electron chi connectivity index (χ2n) is 7.77. The van der Waals surface area contributed by atoms with Gasteiger partial charge in [-0.3, -0.25) is 9.78 Å². The summed E-state index contributed by atoms with van der Waals surface area (Å²) in [4.78, 5) is 16.0. The van der Waals surface area contributed by atoms with Gasteiger partial charge < -0.3 is 20.1 Å². The van der Waals surface area contributed by atoms with Crippen LogP contribution in [0.2, 0.25) is 0 Å². The fourth-order valence-corrected chi connectivity index (χ4v) is 3.00. The molecule has 0 aliphatic carbocycles. The van der Waals surface area contributed by atoms with Crippen LogP contribution < -0.4 is 10.7 Å². The average molecular weight is 409 g/mol. The van der Waals surface area contributed by atoms with E-state index in [0.717, 1.165) is 16.5 Å². The Balaban J connectivity index is 1.71. The van der Waals surface area contributed by atoms with Gasteiger partial charge in [0.1, 0.15) is 0 Å². The lowest BCUT2D eigenvalue weighted by Crippen LogP contribution is -2.46. The number of carbonyl (C=O) groups excluding carboxylic acids is 1. The molecule has 1 unspecified atom stereocenters. The summed E-state index contributed by atoms with van der Waals surface area (Å²) in [5, 5.41) is 28.0. The van der Waals surface area contributed by atoms with E-state index in [0.29, 0.717) is 18.7 Å². The Hall–Kier alpha value is -3.07. The quantitative estimate of drug-likeness (QED) is 0.316. The van der Waals surface area contributed by atoms with Crippen LogP contribution in [0, 0.1) is 0 Å². The molecule has 1 amide bonds. The first-order chi connectivity index (χ1) is 14.4. The SMILES string of the molecule is CC(C)(CO)NCC(O)Cn1cc(/C=N/NC(=O)c2ccncc2)c2ccccc21. The summed E-state index contributed by atoms with van der Waals surface area (Å²) < 4.78 is 1.96. The maximum Gasteiger partial charge on any atom is 0.271 e. The zero-order valence-corrected chi connectivity index (χ0v) is 17.1. The van der Waals surface area contributed by atoms with Crippen LogP contribution in [0.4, 0.5) is 0 Å². The second-order valence-corrected chi connectivity index (χ2v) is 7.77. The number of carbonyl (C=O) groups is 1. The molecule has 158 valence electrons. The van der Waals surface area contributed by atoms with Gasteiger partial charge in [-0.1, -0.05) is 18.2 Å². The lowest BCUT2D eigenvalue weighted by atomic mass is 10.1. The number of pyridine rings is 1. The van der Waals surface area contributed by atoms with Crippen LogP contribution >= 0.6 is 0 Å². The number of nitrogens with zero attached hydrogens (tertiary/aromatic N) is 3. The molecule has 0 bridgehead atoms. The van der Waals surface area contributed by atoms with Crippen LogP contribution in [-0.2, 0) is 6.54 Å². The van der Waals surface area contributed by atoms with E-state index in [2.05, 4.69) is 20.8 Å². The first-order valence-corrected chi connectivity index (χ1v) is 9.75. The number of fused-ring (bicyclic) bond motifs is 1. The highest BCUT2D eigenvalue weighted by molar-refractivity contribution is 6.00. The standard InChI is InChI=1S/C22H27N5O3/c1-22(2,15-28)24-12-18(29)14-27-13-17(19-5-3-4-6-20(19)27)11-25-26-21(30)16-7-9-23-10-8-16/h3-11,13,18,24,28-29H,12,14-15H2,1-2H3,(H,26,30)/b25-11+. The van der Waals surface area contributed by atoms with Gasteiger partial charge in [0.2, 0.25) is 0 Å². The van der Waals surface area contributed by atoms with Crippen molar-refractivity contribution in [1.82, 2.24) is 20.3 Å². The topological polar surface area (TPSA) is 112 Å². The minimum atomic E-state index is -0.636. The van der Waals surface area contributed by atoms with Gasteiger partial charge in [-0.25, -0.2) is 5.43 Å². The Bertz CT molecular complexity index is 1010. The molecule has 8 nitrogen and oxygen atoms in total. The summed E-state index contributed by atoms with van der Waals surface area (Å²) in [5.74, 6) is -0.314. The molecular formula is C22H27N5O3. The first kappa shape index (κ1) is 21.6. The fraction of sp³-hybridized carbons (Fsp3) is 0.318. The number of benzene rings is 1. The van der Waals surface area contributed by atoms with E-state index < -0.39 is 11.6 Å². The van der Waals surface area contributed by atoms with E-state index in [1.54, 1.807) is 30.7 Å². The number of hydrogen-bond donors (Lipinski definition) is 4. The van der Waals surface area contributed by atoms with Crippen molar-refractivity contribution in [3.05, 3.63) is 66.1 Å². The van der Waals surface area contributed by atoms with Crippen molar-refractivity contribution in [2.75, 3.05) is 13.2 Å². The van der Waals surface area contributed by atoms with Crippen LogP contribution in [0.5, 0.6) is 0 Å². The number of β-amino-alcohol motifs (C(OH)–C–C–N with tert-alkyl or cyclic N) is 1. The van der Waals surface area contributed by atoms with Gasteiger partial charge in [0.15, 0.2) is 0 Å². The van der Waals surface area contributed by atoms with Crippen LogP contribution in [0.3, 0.4) is 0 Å². The number of amides is 1. The smallest absolute Gasteiger partial charge is 0.271 e. The van der Waals surface area contributed by atoms with Crippen molar-refractivity contribution < 1.29 is 15.0 Å². The van der Waals surface area contributed by atoms with Gasteiger partial charge >= 0.3 is 0 Å². The molecular weight excluding hydrogens is 382 g/mol. The third-order valence-electron chi connectivity index (χ3n) is 4.75. The highest BCUT2D eigenvalue weighted by Crippen LogP contribution is 2.20. The molecule has 3 rings (SSSR count). The Kier molecular flexibility index (Phi) is 6.94. The minimum absolute atomic E-state index is 0.0159.